The largest absolute Gasteiger partial charge is 0.352 e. The smallest absolute Gasteiger partial charge is 0.259 e. The zero-order valence-electron chi connectivity index (χ0n) is 22.8. The third-order valence-electron chi connectivity index (χ3n) is 8.16. The summed E-state index contributed by atoms with van der Waals surface area (Å²) < 4.78 is 0. The molecule has 4 aromatic rings. The highest BCUT2D eigenvalue weighted by molar-refractivity contribution is 6.30. The Bertz CT molecular complexity index is 1590. The molecule has 1 atom stereocenters. The van der Waals surface area contributed by atoms with Crippen molar-refractivity contribution >= 4 is 45.8 Å². The number of hydrogen-bond donors (Lipinski definition) is 1. The van der Waals surface area contributed by atoms with Crippen LogP contribution in [0.15, 0.2) is 91.0 Å². The molecule has 0 radical (unpaired) electrons. The highest BCUT2D eigenvalue weighted by atomic mass is 35.5. The maximum absolute atomic E-state index is 14.3. The summed E-state index contributed by atoms with van der Waals surface area (Å²) in [6, 6.07) is 27.8. The molecule has 7 heteroatoms. The quantitative estimate of drug-likeness (QED) is 0.264. The first-order valence-electron chi connectivity index (χ1n) is 14.2. The van der Waals surface area contributed by atoms with Crippen molar-refractivity contribution in [1.29, 1.82) is 0 Å². The van der Waals surface area contributed by atoms with Gasteiger partial charge in [-0.2, -0.15) is 0 Å². The van der Waals surface area contributed by atoms with Crippen molar-refractivity contribution in [3.63, 3.8) is 0 Å². The molecule has 1 fully saturated rings. The van der Waals surface area contributed by atoms with E-state index in [9.17, 15) is 14.4 Å². The van der Waals surface area contributed by atoms with Gasteiger partial charge in [-0.05, 0) is 53.6 Å². The molecule has 4 aromatic carbocycles. The van der Waals surface area contributed by atoms with Crippen LogP contribution in [0.1, 0.15) is 47.2 Å². The average molecular weight is 566 g/mol. The van der Waals surface area contributed by atoms with E-state index in [1.165, 1.54) is 0 Å². The summed E-state index contributed by atoms with van der Waals surface area (Å²) in [6.45, 7) is 0.0172. The third-order valence-corrected chi connectivity index (χ3v) is 8.39. The zero-order valence-corrected chi connectivity index (χ0v) is 23.5. The molecule has 1 heterocycles. The summed E-state index contributed by atoms with van der Waals surface area (Å²) in [5, 5.41) is 5.59. The monoisotopic (exact) mass is 565 g/mol. The van der Waals surface area contributed by atoms with Crippen LogP contribution in [0.3, 0.4) is 0 Å². The predicted octanol–water partition coefficient (Wildman–Crippen LogP) is 6.15. The van der Waals surface area contributed by atoms with Crippen LogP contribution in [0.25, 0.3) is 10.8 Å². The lowest BCUT2D eigenvalue weighted by molar-refractivity contribution is -0.140. The van der Waals surface area contributed by atoms with Gasteiger partial charge in [-0.25, -0.2) is 0 Å². The summed E-state index contributed by atoms with van der Waals surface area (Å²) in [5.41, 5.74) is 3.08. The molecule has 1 aliphatic carbocycles. The molecule has 3 amide bonds. The van der Waals surface area contributed by atoms with Crippen LogP contribution in [0.5, 0.6) is 0 Å². The number of amides is 3. The van der Waals surface area contributed by atoms with Crippen LogP contribution in [0.2, 0.25) is 5.02 Å². The van der Waals surface area contributed by atoms with E-state index in [-0.39, 0.29) is 36.9 Å². The third kappa shape index (κ3) is 5.70. The van der Waals surface area contributed by atoms with Crippen molar-refractivity contribution in [1.82, 2.24) is 10.2 Å². The highest BCUT2D eigenvalue weighted by Gasteiger charge is 2.36. The Morgan fingerprint density at radius 2 is 1.61 bits per heavy atom. The van der Waals surface area contributed by atoms with E-state index in [1.54, 1.807) is 21.9 Å². The summed E-state index contributed by atoms with van der Waals surface area (Å²) in [5.74, 6) is -0.678. The molecule has 1 aliphatic heterocycles. The van der Waals surface area contributed by atoms with Crippen LogP contribution in [-0.4, -0.2) is 41.2 Å². The molecule has 0 aromatic heterocycles. The lowest BCUT2D eigenvalue weighted by atomic mass is 10.0. The minimum Gasteiger partial charge on any atom is -0.352 e. The van der Waals surface area contributed by atoms with E-state index in [2.05, 4.69) is 5.32 Å². The van der Waals surface area contributed by atoms with E-state index in [0.717, 1.165) is 47.6 Å². The van der Waals surface area contributed by atoms with E-state index >= 15 is 0 Å². The van der Waals surface area contributed by atoms with Crippen molar-refractivity contribution in [3.8, 4) is 0 Å². The number of carbonyl (C=O) groups excluding carboxylic acids is 3. The Hall–Kier alpha value is -4.16. The first kappa shape index (κ1) is 27.0. The average Bonchev–Trinajstić information content (AvgIpc) is 3.59. The van der Waals surface area contributed by atoms with Gasteiger partial charge in [0.25, 0.3) is 5.91 Å². The topological polar surface area (TPSA) is 69.7 Å². The van der Waals surface area contributed by atoms with E-state index in [1.807, 2.05) is 78.9 Å². The lowest BCUT2D eigenvalue weighted by Crippen LogP contribution is -2.54. The van der Waals surface area contributed by atoms with Crippen molar-refractivity contribution in [2.24, 2.45) is 0 Å². The summed E-state index contributed by atoms with van der Waals surface area (Å²) >= 11 is 6.31. The van der Waals surface area contributed by atoms with Gasteiger partial charge < -0.3 is 10.2 Å². The van der Waals surface area contributed by atoms with Gasteiger partial charge in [-0.15, -0.1) is 0 Å². The van der Waals surface area contributed by atoms with E-state index in [0.29, 0.717) is 22.7 Å². The molecule has 6 rings (SSSR count). The van der Waals surface area contributed by atoms with E-state index < -0.39 is 6.04 Å². The second-order valence-corrected chi connectivity index (χ2v) is 11.4. The van der Waals surface area contributed by atoms with Gasteiger partial charge in [0.2, 0.25) is 11.8 Å². The Kier molecular flexibility index (Phi) is 7.75. The molecular formula is C34H32ClN3O3. The molecule has 2 aliphatic rings. The normalized spacial score (nSPS) is 15.3. The highest BCUT2D eigenvalue weighted by Crippen LogP contribution is 2.37. The van der Waals surface area contributed by atoms with Gasteiger partial charge in [0.1, 0.15) is 12.6 Å². The van der Waals surface area contributed by atoms with Crippen LogP contribution >= 0.6 is 11.6 Å². The summed E-state index contributed by atoms with van der Waals surface area (Å²) in [6.07, 6.45) is 4.41. The number of halogens is 1. The second kappa shape index (κ2) is 11.8. The van der Waals surface area contributed by atoms with E-state index in [4.69, 9.17) is 11.6 Å². The molecule has 0 saturated heterocycles. The van der Waals surface area contributed by atoms with Crippen molar-refractivity contribution in [2.45, 2.75) is 50.7 Å². The molecule has 0 unspecified atom stereocenters. The van der Waals surface area contributed by atoms with Crippen molar-refractivity contribution in [2.75, 3.05) is 11.4 Å². The Morgan fingerprint density at radius 1 is 0.902 bits per heavy atom. The molecule has 0 spiro atoms. The molecule has 1 N–H and O–H groups in total. The standard InChI is InChI=1S/C34H32ClN3O3/c35-26-14-6-11-24(19-26)21-37(30(20-23-9-2-1-3-10-23)33(40)36-27-15-4-5-16-27)31(39)22-38-29-18-8-13-25-12-7-17-28(32(25)29)34(38)41/h1-3,6-14,17-19,27,30H,4-5,15-16,20-22H2,(H,36,40)/t30-/m1/s1. The van der Waals surface area contributed by atoms with Crippen LogP contribution in [0, 0.1) is 0 Å². The number of nitrogens with one attached hydrogen (secondary N) is 1. The lowest BCUT2D eigenvalue weighted by Gasteiger charge is -2.33. The number of benzene rings is 4. The molecular weight excluding hydrogens is 534 g/mol. The molecule has 6 nitrogen and oxygen atoms in total. The minimum absolute atomic E-state index is 0.108. The maximum atomic E-state index is 14.3. The van der Waals surface area contributed by atoms with Gasteiger partial charge in [-0.3, -0.25) is 19.3 Å². The first-order valence-corrected chi connectivity index (χ1v) is 14.6. The zero-order chi connectivity index (χ0) is 28.3. The summed E-state index contributed by atoms with van der Waals surface area (Å²) in [7, 11) is 0. The fourth-order valence-corrected chi connectivity index (χ4v) is 6.33. The Labute approximate surface area is 244 Å². The molecule has 41 heavy (non-hydrogen) atoms. The van der Waals surface area contributed by atoms with Crippen LogP contribution in [0.4, 0.5) is 5.69 Å². The van der Waals surface area contributed by atoms with Gasteiger partial charge in [0, 0.05) is 35.0 Å². The molecule has 208 valence electrons. The van der Waals surface area contributed by atoms with Gasteiger partial charge in [0.05, 0.1) is 5.69 Å². The van der Waals surface area contributed by atoms with Gasteiger partial charge >= 0.3 is 0 Å². The fourth-order valence-electron chi connectivity index (χ4n) is 6.12. The number of hydrogen-bond acceptors (Lipinski definition) is 3. The SMILES string of the molecule is O=C(NC1CCCC1)[C@@H](Cc1ccccc1)N(Cc1cccc(Cl)c1)C(=O)CN1C(=O)c2cccc3cccc1c23. The van der Waals surface area contributed by atoms with Gasteiger partial charge in [0.15, 0.2) is 0 Å². The Balaban J connectivity index is 1.35. The molecule has 1 saturated carbocycles. The first-order chi connectivity index (χ1) is 20.0. The second-order valence-electron chi connectivity index (χ2n) is 10.9. The number of anilines is 1. The summed E-state index contributed by atoms with van der Waals surface area (Å²) in [4.78, 5) is 44.9. The Morgan fingerprint density at radius 3 is 2.37 bits per heavy atom. The predicted molar refractivity (Wildman–Crippen MR) is 162 cm³/mol. The number of carbonyl (C=O) groups is 3. The van der Waals surface area contributed by atoms with Crippen LogP contribution in [-0.2, 0) is 22.6 Å². The number of rotatable bonds is 9. The minimum atomic E-state index is -0.764. The number of nitrogens with zero attached hydrogens (tertiary/aromatic N) is 2. The fraction of sp³-hybridized carbons (Fsp3) is 0.265. The molecule has 0 bridgehead atoms. The van der Waals surface area contributed by atoms with Crippen molar-refractivity contribution in [3.05, 3.63) is 113 Å². The maximum Gasteiger partial charge on any atom is 0.259 e. The van der Waals surface area contributed by atoms with Crippen LogP contribution < -0.4 is 10.2 Å². The van der Waals surface area contributed by atoms with Gasteiger partial charge in [-0.1, -0.05) is 91.2 Å². The van der Waals surface area contributed by atoms with Crippen molar-refractivity contribution < 1.29 is 14.4 Å².